The van der Waals surface area contributed by atoms with Gasteiger partial charge in [-0.1, -0.05) is 6.07 Å². The molecule has 3 atom stereocenters. The SMILES string of the molecule is COC[C@@H]1Cc2cc(OC)c3c(c2[C@H](c2ccc(OC)c(OC)c2)[C@@H]1COC)OCO3. The zero-order chi connectivity index (χ0) is 22.0. The molecule has 0 aromatic heterocycles. The first-order valence-electron chi connectivity index (χ1n) is 10.4. The minimum atomic E-state index is 0.00464. The van der Waals surface area contributed by atoms with Gasteiger partial charge in [0.2, 0.25) is 12.5 Å². The number of rotatable bonds is 8. The molecule has 0 saturated carbocycles. The van der Waals surface area contributed by atoms with E-state index in [1.807, 2.05) is 12.1 Å². The highest BCUT2D eigenvalue weighted by molar-refractivity contribution is 5.64. The Morgan fingerprint density at radius 1 is 0.806 bits per heavy atom. The normalized spacial score (nSPS) is 21.5. The number of hydrogen-bond acceptors (Lipinski definition) is 7. The van der Waals surface area contributed by atoms with Gasteiger partial charge in [0.25, 0.3) is 0 Å². The number of fused-ring (bicyclic) bond motifs is 3. The molecular formula is C24H30O7. The molecule has 1 heterocycles. The Labute approximate surface area is 183 Å². The van der Waals surface area contributed by atoms with Gasteiger partial charge in [-0.3, -0.25) is 0 Å². The van der Waals surface area contributed by atoms with Crippen molar-refractivity contribution in [1.29, 1.82) is 0 Å². The summed E-state index contributed by atoms with van der Waals surface area (Å²) >= 11 is 0. The predicted octanol–water partition coefficient (Wildman–Crippen LogP) is 3.65. The van der Waals surface area contributed by atoms with Gasteiger partial charge in [-0.15, -0.1) is 0 Å². The molecule has 0 radical (unpaired) electrons. The van der Waals surface area contributed by atoms with Crippen LogP contribution in [-0.4, -0.2) is 55.6 Å². The molecule has 7 nitrogen and oxygen atoms in total. The van der Waals surface area contributed by atoms with Crippen LogP contribution in [0.5, 0.6) is 28.7 Å². The molecular weight excluding hydrogens is 400 g/mol. The lowest BCUT2D eigenvalue weighted by molar-refractivity contribution is 0.0559. The molecule has 2 aromatic rings. The molecule has 0 bridgehead atoms. The molecule has 0 N–H and O–H groups in total. The lowest BCUT2D eigenvalue weighted by Gasteiger charge is -2.40. The van der Waals surface area contributed by atoms with Crippen molar-refractivity contribution in [2.45, 2.75) is 12.3 Å². The van der Waals surface area contributed by atoms with E-state index in [1.165, 1.54) is 5.56 Å². The summed E-state index contributed by atoms with van der Waals surface area (Å²) in [6.45, 7) is 1.40. The van der Waals surface area contributed by atoms with Crippen LogP contribution in [0.15, 0.2) is 24.3 Å². The molecule has 31 heavy (non-hydrogen) atoms. The van der Waals surface area contributed by atoms with Crippen LogP contribution in [-0.2, 0) is 15.9 Å². The molecule has 0 fully saturated rings. The van der Waals surface area contributed by atoms with Crippen LogP contribution < -0.4 is 23.7 Å². The monoisotopic (exact) mass is 430 g/mol. The van der Waals surface area contributed by atoms with Gasteiger partial charge in [0.05, 0.1) is 27.9 Å². The fourth-order valence-corrected chi connectivity index (χ4v) is 4.97. The van der Waals surface area contributed by atoms with E-state index in [1.54, 1.807) is 35.5 Å². The molecule has 0 spiro atoms. The van der Waals surface area contributed by atoms with Crippen molar-refractivity contribution in [1.82, 2.24) is 0 Å². The summed E-state index contributed by atoms with van der Waals surface area (Å²) in [5.74, 6) is 3.94. The molecule has 7 heteroatoms. The van der Waals surface area contributed by atoms with E-state index in [2.05, 4.69) is 12.1 Å². The zero-order valence-electron chi connectivity index (χ0n) is 18.7. The summed E-state index contributed by atoms with van der Waals surface area (Å²) in [5, 5.41) is 0. The molecule has 0 unspecified atom stereocenters. The first-order valence-corrected chi connectivity index (χ1v) is 10.4. The van der Waals surface area contributed by atoms with E-state index in [-0.39, 0.29) is 24.5 Å². The fourth-order valence-electron chi connectivity index (χ4n) is 4.97. The first-order chi connectivity index (χ1) is 15.2. The van der Waals surface area contributed by atoms with Gasteiger partial charge >= 0.3 is 0 Å². The lowest BCUT2D eigenvalue weighted by atomic mass is 9.66. The largest absolute Gasteiger partial charge is 0.493 e. The maximum Gasteiger partial charge on any atom is 0.231 e. The van der Waals surface area contributed by atoms with Gasteiger partial charge in [0, 0.05) is 32.3 Å². The summed E-state index contributed by atoms with van der Waals surface area (Å²) in [6, 6.07) is 8.14. The highest BCUT2D eigenvalue weighted by atomic mass is 16.7. The van der Waals surface area contributed by atoms with Crippen LogP contribution in [0.1, 0.15) is 22.6 Å². The third-order valence-corrected chi connectivity index (χ3v) is 6.29. The van der Waals surface area contributed by atoms with Crippen molar-refractivity contribution in [3.63, 3.8) is 0 Å². The van der Waals surface area contributed by atoms with Gasteiger partial charge in [-0.25, -0.2) is 0 Å². The van der Waals surface area contributed by atoms with Crippen LogP contribution in [0.4, 0.5) is 0 Å². The zero-order valence-corrected chi connectivity index (χ0v) is 18.7. The Kier molecular flexibility index (Phi) is 6.43. The van der Waals surface area contributed by atoms with Gasteiger partial charge in [-0.05, 0) is 47.6 Å². The first kappa shape index (κ1) is 21.6. The Balaban J connectivity index is 1.93. The van der Waals surface area contributed by atoms with Gasteiger partial charge < -0.3 is 33.2 Å². The van der Waals surface area contributed by atoms with Gasteiger partial charge in [0.15, 0.2) is 23.0 Å². The fraction of sp³-hybridized carbons (Fsp3) is 0.500. The van der Waals surface area contributed by atoms with Crippen LogP contribution in [0.25, 0.3) is 0 Å². The molecule has 0 amide bonds. The van der Waals surface area contributed by atoms with E-state index >= 15 is 0 Å². The van der Waals surface area contributed by atoms with Gasteiger partial charge in [0.1, 0.15) is 0 Å². The minimum absolute atomic E-state index is 0.00464. The number of benzene rings is 2. The average Bonchev–Trinajstić information content (AvgIpc) is 3.29. The quantitative estimate of drug-likeness (QED) is 0.633. The number of hydrogen-bond donors (Lipinski definition) is 0. The van der Waals surface area contributed by atoms with Crippen LogP contribution >= 0.6 is 0 Å². The van der Waals surface area contributed by atoms with E-state index in [9.17, 15) is 0 Å². The molecule has 2 aliphatic rings. The van der Waals surface area contributed by atoms with Crippen molar-refractivity contribution in [3.8, 4) is 28.7 Å². The van der Waals surface area contributed by atoms with E-state index in [0.29, 0.717) is 36.2 Å². The summed E-state index contributed by atoms with van der Waals surface area (Å²) in [5.41, 5.74) is 3.40. The summed E-state index contributed by atoms with van der Waals surface area (Å²) < 4.78 is 39.7. The maximum absolute atomic E-state index is 5.98. The van der Waals surface area contributed by atoms with E-state index in [0.717, 1.165) is 23.3 Å². The van der Waals surface area contributed by atoms with E-state index < -0.39 is 0 Å². The second kappa shape index (κ2) is 9.24. The Morgan fingerprint density at radius 2 is 1.52 bits per heavy atom. The minimum Gasteiger partial charge on any atom is -0.493 e. The molecule has 168 valence electrons. The summed E-state index contributed by atoms with van der Waals surface area (Å²) in [7, 11) is 8.42. The molecule has 0 saturated heterocycles. The Bertz CT molecular complexity index is 927. The van der Waals surface area contributed by atoms with Gasteiger partial charge in [-0.2, -0.15) is 0 Å². The van der Waals surface area contributed by atoms with Crippen molar-refractivity contribution in [3.05, 3.63) is 41.0 Å². The summed E-state index contributed by atoms with van der Waals surface area (Å²) in [4.78, 5) is 0. The smallest absolute Gasteiger partial charge is 0.231 e. The molecule has 1 aliphatic carbocycles. The molecule has 1 aliphatic heterocycles. The Morgan fingerprint density at radius 3 is 2.19 bits per heavy atom. The van der Waals surface area contributed by atoms with Crippen LogP contribution in [0.3, 0.4) is 0 Å². The second-order valence-corrected chi connectivity index (χ2v) is 7.85. The number of methoxy groups -OCH3 is 5. The third kappa shape index (κ3) is 3.77. The summed E-state index contributed by atoms with van der Waals surface area (Å²) in [6.07, 6.45) is 0.841. The predicted molar refractivity (Wildman–Crippen MR) is 115 cm³/mol. The highest BCUT2D eigenvalue weighted by Crippen LogP contribution is 2.55. The second-order valence-electron chi connectivity index (χ2n) is 7.85. The van der Waals surface area contributed by atoms with Crippen LogP contribution in [0.2, 0.25) is 0 Å². The standard InChI is InChI=1S/C24H30O7/c1-25-11-16-8-15-10-20(29-5)23-24(31-13-30-23)22(15)21(17(16)12-26-2)14-6-7-18(27-3)19(9-14)28-4/h6-7,9-10,16-17,21H,8,11-13H2,1-5H3/t16-,17+,21+/m0/s1. The van der Waals surface area contributed by atoms with E-state index in [4.69, 9.17) is 33.2 Å². The molecule has 2 aromatic carbocycles. The maximum atomic E-state index is 5.98. The Hall–Kier alpha value is -2.64. The third-order valence-electron chi connectivity index (χ3n) is 6.29. The van der Waals surface area contributed by atoms with Crippen molar-refractivity contribution in [2.75, 3.05) is 55.6 Å². The van der Waals surface area contributed by atoms with Crippen LogP contribution in [0, 0.1) is 11.8 Å². The lowest BCUT2D eigenvalue weighted by Crippen LogP contribution is -2.36. The molecule has 4 rings (SSSR count). The van der Waals surface area contributed by atoms with Crippen molar-refractivity contribution < 1.29 is 33.2 Å². The average molecular weight is 430 g/mol. The van der Waals surface area contributed by atoms with Crippen molar-refractivity contribution >= 4 is 0 Å². The number of ether oxygens (including phenoxy) is 7. The highest BCUT2D eigenvalue weighted by Gasteiger charge is 2.42. The van der Waals surface area contributed by atoms with Crippen molar-refractivity contribution in [2.24, 2.45) is 11.8 Å². The topological polar surface area (TPSA) is 64.6 Å².